The Hall–Kier alpha value is -1.67. The zero-order chi connectivity index (χ0) is 15.0. The van der Waals surface area contributed by atoms with E-state index >= 15 is 0 Å². The third-order valence-electron chi connectivity index (χ3n) is 3.33. The van der Waals surface area contributed by atoms with Gasteiger partial charge in [-0.15, -0.1) is 0 Å². The minimum Gasteiger partial charge on any atom is -0.334 e. The van der Waals surface area contributed by atoms with Crippen LogP contribution in [0.5, 0.6) is 0 Å². The first-order chi connectivity index (χ1) is 9.91. The lowest BCUT2D eigenvalue weighted by Gasteiger charge is -2.10. The number of thiazole rings is 1. The topological polar surface area (TPSA) is 88.2 Å². The predicted molar refractivity (Wildman–Crippen MR) is 83.6 cm³/mol. The number of sulfone groups is 1. The number of nitrogens with one attached hydrogen (secondary N) is 2. The molecular weight excluding hydrogens is 310 g/mol. The first kappa shape index (κ1) is 14.3. The van der Waals surface area contributed by atoms with Gasteiger partial charge in [0.15, 0.2) is 15.0 Å². The van der Waals surface area contributed by atoms with E-state index < -0.39 is 15.9 Å². The molecule has 0 bridgehead atoms. The van der Waals surface area contributed by atoms with E-state index in [1.165, 1.54) is 11.3 Å². The summed E-state index contributed by atoms with van der Waals surface area (Å²) >= 11 is 1.40. The van der Waals surface area contributed by atoms with Gasteiger partial charge in [-0.3, -0.25) is 5.32 Å². The van der Waals surface area contributed by atoms with Gasteiger partial charge in [0.25, 0.3) is 0 Å². The van der Waals surface area contributed by atoms with Crippen molar-refractivity contribution in [3.8, 4) is 0 Å². The number of aryl methyl sites for hydroxylation is 1. The molecule has 1 fully saturated rings. The van der Waals surface area contributed by atoms with E-state index in [1.807, 2.05) is 25.1 Å². The zero-order valence-corrected chi connectivity index (χ0v) is 13.1. The van der Waals surface area contributed by atoms with Crippen molar-refractivity contribution in [1.29, 1.82) is 0 Å². The van der Waals surface area contributed by atoms with E-state index in [1.54, 1.807) is 0 Å². The zero-order valence-electron chi connectivity index (χ0n) is 11.4. The number of amides is 2. The second-order valence-corrected chi connectivity index (χ2v) is 8.45. The van der Waals surface area contributed by atoms with Crippen LogP contribution in [0.2, 0.25) is 0 Å². The van der Waals surface area contributed by atoms with Gasteiger partial charge >= 0.3 is 6.03 Å². The van der Waals surface area contributed by atoms with Gasteiger partial charge in [0.05, 0.1) is 21.7 Å². The Morgan fingerprint density at radius 3 is 2.95 bits per heavy atom. The maximum absolute atomic E-state index is 11.9. The van der Waals surface area contributed by atoms with Crippen LogP contribution in [0, 0.1) is 6.92 Å². The molecule has 1 atom stereocenters. The van der Waals surface area contributed by atoms with Crippen LogP contribution in [-0.2, 0) is 9.84 Å². The summed E-state index contributed by atoms with van der Waals surface area (Å²) in [5.74, 6) is 0.151. The maximum atomic E-state index is 11.9. The first-order valence-corrected chi connectivity index (χ1v) is 9.20. The van der Waals surface area contributed by atoms with E-state index in [-0.39, 0.29) is 17.5 Å². The van der Waals surface area contributed by atoms with Crippen molar-refractivity contribution < 1.29 is 13.2 Å². The molecule has 1 unspecified atom stereocenters. The molecule has 2 N–H and O–H groups in total. The Kier molecular flexibility index (Phi) is 3.58. The highest BCUT2D eigenvalue weighted by Crippen LogP contribution is 2.26. The number of anilines is 1. The largest absolute Gasteiger partial charge is 0.334 e. The number of carbonyl (C=O) groups excluding carboxylic acids is 1. The Labute approximate surface area is 126 Å². The fourth-order valence-corrected chi connectivity index (χ4v) is 4.95. The Balaban J connectivity index is 1.66. The van der Waals surface area contributed by atoms with Crippen LogP contribution in [0.15, 0.2) is 18.2 Å². The normalized spacial score (nSPS) is 20.5. The lowest BCUT2D eigenvalue weighted by atomic mass is 10.2. The van der Waals surface area contributed by atoms with Crippen molar-refractivity contribution >= 4 is 42.6 Å². The SMILES string of the molecule is Cc1ccc2nc(NC(=O)NC3CCS(=O)(=O)C3)sc2c1. The fraction of sp³-hybridized carbons (Fsp3) is 0.385. The highest BCUT2D eigenvalue weighted by molar-refractivity contribution is 7.91. The molecule has 0 aliphatic carbocycles. The van der Waals surface area contributed by atoms with Crippen molar-refractivity contribution in [2.75, 3.05) is 16.8 Å². The molecule has 1 aromatic heterocycles. The number of hydrogen-bond acceptors (Lipinski definition) is 5. The second kappa shape index (κ2) is 5.27. The molecule has 2 amide bonds. The summed E-state index contributed by atoms with van der Waals surface area (Å²) in [4.78, 5) is 16.2. The van der Waals surface area contributed by atoms with Gasteiger partial charge < -0.3 is 5.32 Å². The Bertz CT molecular complexity index is 798. The Morgan fingerprint density at radius 1 is 1.43 bits per heavy atom. The summed E-state index contributed by atoms with van der Waals surface area (Å²) in [5, 5.41) is 5.85. The van der Waals surface area contributed by atoms with Crippen LogP contribution in [-0.4, -0.2) is 37.0 Å². The quantitative estimate of drug-likeness (QED) is 0.883. The lowest BCUT2D eigenvalue weighted by Crippen LogP contribution is -2.38. The van der Waals surface area contributed by atoms with Gasteiger partial charge in [-0.25, -0.2) is 18.2 Å². The van der Waals surface area contributed by atoms with Crippen LogP contribution in [0.25, 0.3) is 10.2 Å². The van der Waals surface area contributed by atoms with E-state index in [0.717, 1.165) is 15.8 Å². The van der Waals surface area contributed by atoms with E-state index in [9.17, 15) is 13.2 Å². The standard InChI is InChI=1S/C13H15N3O3S2/c1-8-2-3-10-11(6-8)20-13(15-10)16-12(17)14-9-4-5-21(18,19)7-9/h2-3,6,9H,4-5,7H2,1H3,(H2,14,15,16,17). The smallest absolute Gasteiger partial charge is 0.321 e. The molecule has 2 heterocycles. The number of rotatable bonds is 2. The van der Waals surface area contributed by atoms with Crippen LogP contribution >= 0.6 is 11.3 Å². The molecule has 2 aromatic rings. The van der Waals surface area contributed by atoms with Crippen LogP contribution in [0.3, 0.4) is 0 Å². The summed E-state index contributed by atoms with van der Waals surface area (Å²) in [6, 6.07) is 5.17. The predicted octanol–water partition coefficient (Wildman–Crippen LogP) is 1.91. The highest BCUT2D eigenvalue weighted by atomic mass is 32.2. The Morgan fingerprint density at radius 2 is 2.24 bits per heavy atom. The molecule has 0 radical (unpaired) electrons. The second-order valence-electron chi connectivity index (χ2n) is 5.19. The molecule has 8 heteroatoms. The van der Waals surface area contributed by atoms with Crippen molar-refractivity contribution in [3.05, 3.63) is 23.8 Å². The fourth-order valence-electron chi connectivity index (χ4n) is 2.31. The van der Waals surface area contributed by atoms with Gasteiger partial charge in [0.1, 0.15) is 0 Å². The number of urea groups is 1. The number of aromatic nitrogens is 1. The van der Waals surface area contributed by atoms with Gasteiger partial charge in [-0.05, 0) is 31.0 Å². The summed E-state index contributed by atoms with van der Waals surface area (Å²) in [6.45, 7) is 2.00. The van der Waals surface area contributed by atoms with E-state index in [4.69, 9.17) is 0 Å². The summed E-state index contributed by atoms with van der Waals surface area (Å²) in [5.41, 5.74) is 1.97. The molecule has 1 saturated heterocycles. The molecule has 0 spiro atoms. The van der Waals surface area contributed by atoms with Gasteiger partial charge in [0.2, 0.25) is 0 Å². The number of carbonyl (C=O) groups is 1. The third-order valence-corrected chi connectivity index (χ3v) is 6.03. The molecule has 1 aliphatic heterocycles. The average Bonchev–Trinajstić information content (AvgIpc) is 2.91. The van der Waals surface area contributed by atoms with Gasteiger partial charge in [-0.2, -0.15) is 0 Å². The van der Waals surface area contributed by atoms with Crippen molar-refractivity contribution in [1.82, 2.24) is 10.3 Å². The van der Waals surface area contributed by atoms with Crippen molar-refractivity contribution in [2.24, 2.45) is 0 Å². The lowest BCUT2D eigenvalue weighted by molar-refractivity contribution is 0.249. The number of benzene rings is 1. The maximum Gasteiger partial charge on any atom is 0.321 e. The molecule has 1 aliphatic rings. The molecule has 112 valence electrons. The van der Waals surface area contributed by atoms with E-state index in [0.29, 0.717) is 11.6 Å². The number of fused-ring (bicyclic) bond motifs is 1. The van der Waals surface area contributed by atoms with Crippen molar-refractivity contribution in [2.45, 2.75) is 19.4 Å². The summed E-state index contributed by atoms with van der Waals surface area (Å²) in [7, 11) is -2.99. The minimum absolute atomic E-state index is 0.0134. The number of nitrogens with zero attached hydrogens (tertiary/aromatic N) is 1. The monoisotopic (exact) mass is 325 g/mol. The minimum atomic E-state index is -2.99. The molecule has 1 aromatic carbocycles. The summed E-state index contributed by atoms with van der Waals surface area (Å²) < 4.78 is 23.7. The molecule has 6 nitrogen and oxygen atoms in total. The molecule has 21 heavy (non-hydrogen) atoms. The third kappa shape index (κ3) is 3.33. The molecule has 0 saturated carbocycles. The van der Waals surface area contributed by atoms with Crippen LogP contribution in [0.1, 0.15) is 12.0 Å². The van der Waals surface area contributed by atoms with Gasteiger partial charge in [-0.1, -0.05) is 17.4 Å². The summed E-state index contributed by atoms with van der Waals surface area (Å²) in [6.07, 6.45) is 0.467. The van der Waals surface area contributed by atoms with Crippen LogP contribution in [0.4, 0.5) is 9.93 Å². The molecule has 3 rings (SSSR count). The van der Waals surface area contributed by atoms with E-state index in [2.05, 4.69) is 15.6 Å². The average molecular weight is 325 g/mol. The van der Waals surface area contributed by atoms with Gasteiger partial charge in [0, 0.05) is 6.04 Å². The first-order valence-electron chi connectivity index (χ1n) is 6.56. The number of hydrogen-bond donors (Lipinski definition) is 2. The highest BCUT2D eigenvalue weighted by Gasteiger charge is 2.29. The molecular formula is C13H15N3O3S2. The van der Waals surface area contributed by atoms with Crippen LogP contribution < -0.4 is 10.6 Å². The van der Waals surface area contributed by atoms with Crippen molar-refractivity contribution in [3.63, 3.8) is 0 Å².